The largest absolute Gasteiger partial charge is 1.00 e. The van der Waals surface area contributed by atoms with Gasteiger partial charge in [0, 0.05) is 5.39 Å². The molecule has 0 saturated heterocycles. The molecule has 2 rings (SSSR count). The first-order chi connectivity index (χ1) is 6.68. The number of fused-ring (bicyclic) bond motifs is 1. The normalized spacial score (nSPS) is 9.60. The number of aromatic carboxylic acids is 1. The number of carboxylic acids is 1. The zero-order chi connectivity index (χ0) is 10.1. The molecule has 15 heavy (non-hydrogen) atoms. The molecular weight excluding hydrogens is 189 g/mol. The Hall–Kier alpha value is -1.50. The summed E-state index contributed by atoms with van der Waals surface area (Å²) in [5, 5.41) is 20.6. The van der Waals surface area contributed by atoms with E-state index in [9.17, 15) is 15.0 Å². The van der Waals surface area contributed by atoms with E-state index >= 15 is 0 Å². The second-order valence-electron chi connectivity index (χ2n) is 2.83. The maximum Gasteiger partial charge on any atom is 1.00 e. The van der Waals surface area contributed by atoms with Crippen LogP contribution in [0.1, 0.15) is 10.5 Å². The van der Waals surface area contributed by atoms with Crippen LogP contribution in [-0.4, -0.2) is 16.1 Å². The van der Waals surface area contributed by atoms with Crippen molar-refractivity contribution in [2.75, 3.05) is 0 Å². The standard InChI is InChI=1S/C10H7NO3.Li/c12-8-3-1-2-6-4-5-7(10(13)14)11-9(6)8;/h1-5,12H,(H,13,14);/q;+1/p-1. The smallest absolute Gasteiger partial charge is 0.543 e. The number of carbonyl (C=O) groups excluding carboxylic acids is 1. The molecule has 0 unspecified atom stereocenters. The van der Waals surface area contributed by atoms with Crippen molar-refractivity contribution in [1.29, 1.82) is 0 Å². The molecule has 0 aliphatic rings. The van der Waals surface area contributed by atoms with Crippen molar-refractivity contribution in [2.24, 2.45) is 0 Å². The minimum atomic E-state index is -1.35. The molecule has 0 saturated carbocycles. The van der Waals surface area contributed by atoms with Gasteiger partial charge in [-0.1, -0.05) is 18.2 Å². The van der Waals surface area contributed by atoms with Crippen molar-refractivity contribution in [2.45, 2.75) is 0 Å². The van der Waals surface area contributed by atoms with Crippen LogP contribution >= 0.6 is 0 Å². The van der Waals surface area contributed by atoms with Crippen LogP contribution in [0.3, 0.4) is 0 Å². The zero-order valence-corrected chi connectivity index (χ0v) is 8.10. The van der Waals surface area contributed by atoms with Crippen LogP contribution in [0.15, 0.2) is 30.3 Å². The number of benzene rings is 1. The number of para-hydroxylation sites is 1. The second kappa shape index (κ2) is 4.35. The van der Waals surface area contributed by atoms with Gasteiger partial charge in [0.15, 0.2) is 0 Å². The summed E-state index contributed by atoms with van der Waals surface area (Å²) in [6.07, 6.45) is 0. The summed E-state index contributed by atoms with van der Waals surface area (Å²) in [5.41, 5.74) is 0.0909. The van der Waals surface area contributed by atoms with Gasteiger partial charge in [-0.3, -0.25) is 0 Å². The number of hydrogen-bond donors (Lipinski definition) is 1. The molecule has 0 aliphatic carbocycles. The predicted octanol–water partition coefficient (Wildman–Crippen LogP) is -2.69. The topological polar surface area (TPSA) is 73.2 Å². The van der Waals surface area contributed by atoms with Gasteiger partial charge in [-0.15, -0.1) is 0 Å². The van der Waals surface area contributed by atoms with Gasteiger partial charge in [-0.2, -0.15) is 0 Å². The Balaban J connectivity index is 0.00000112. The van der Waals surface area contributed by atoms with Crippen molar-refractivity contribution < 1.29 is 33.9 Å². The molecule has 0 atom stereocenters. The summed E-state index contributed by atoms with van der Waals surface area (Å²) < 4.78 is 0. The van der Waals surface area contributed by atoms with E-state index in [2.05, 4.69) is 4.98 Å². The minimum absolute atomic E-state index is 0. The molecule has 0 fully saturated rings. The van der Waals surface area contributed by atoms with Crippen molar-refractivity contribution in [3.8, 4) is 5.75 Å². The van der Waals surface area contributed by atoms with Crippen LogP contribution in [0.5, 0.6) is 5.75 Å². The molecule has 0 bridgehead atoms. The summed E-state index contributed by atoms with van der Waals surface area (Å²) >= 11 is 0. The number of carboxylic acid groups (broad SMARTS) is 1. The number of phenols is 1. The molecule has 4 nitrogen and oxygen atoms in total. The number of rotatable bonds is 1. The summed E-state index contributed by atoms with van der Waals surface area (Å²) in [6.45, 7) is 0. The molecule has 70 valence electrons. The second-order valence-corrected chi connectivity index (χ2v) is 2.83. The third kappa shape index (κ3) is 2.12. The first kappa shape index (κ1) is 11.6. The average molecular weight is 195 g/mol. The number of aromatic nitrogens is 1. The maximum atomic E-state index is 10.5. The molecule has 1 N–H and O–H groups in total. The Labute approximate surface area is 97.7 Å². The minimum Gasteiger partial charge on any atom is -0.543 e. The fourth-order valence-electron chi connectivity index (χ4n) is 1.25. The number of hydrogen-bond acceptors (Lipinski definition) is 4. The molecule has 2 aromatic rings. The number of pyridine rings is 1. The zero-order valence-electron chi connectivity index (χ0n) is 8.10. The number of nitrogens with zero attached hydrogens (tertiary/aromatic N) is 1. The molecule has 1 aromatic carbocycles. The third-order valence-corrected chi connectivity index (χ3v) is 1.91. The van der Waals surface area contributed by atoms with Crippen LogP contribution in [0.2, 0.25) is 0 Å². The maximum absolute atomic E-state index is 10.5. The van der Waals surface area contributed by atoms with Gasteiger partial charge in [0.25, 0.3) is 0 Å². The molecule has 1 heterocycles. The Morgan fingerprint density at radius 1 is 1.27 bits per heavy atom. The first-order valence-corrected chi connectivity index (χ1v) is 3.98. The Morgan fingerprint density at radius 2 is 2.00 bits per heavy atom. The Morgan fingerprint density at radius 3 is 2.67 bits per heavy atom. The van der Waals surface area contributed by atoms with Gasteiger partial charge >= 0.3 is 18.9 Å². The third-order valence-electron chi connectivity index (χ3n) is 1.91. The Kier molecular flexibility index (Phi) is 3.35. The summed E-state index contributed by atoms with van der Waals surface area (Å²) in [5.74, 6) is -1.39. The first-order valence-electron chi connectivity index (χ1n) is 3.98. The number of aromatic hydroxyl groups is 1. The predicted molar refractivity (Wildman–Crippen MR) is 47.7 cm³/mol. The van der Waals surface area contributed by atoms with Gasteiger partial charge < -0.3 is 15.0 Å². The van der Waals surface area contributed by atoms with Gasteiger partial charge in [-0.05, 0) is 12.1 Å². The number of carbonyl (C=O) groups is 1. The quantitative estimate of drug-likeness (QED) is 0.503. The number of phenolic OH excluding ortho intramolecular Hbond substituents is 1. The van der Waals surface area contributed by atoms with Crippen LogP contribution in [0, 0.1) is 0 Å². The van der Waals surface area contributed by atoms with E-state index in [1.165, 1.54) is 12.1 Å². The van der Waals surface area contributed by atoms with Gasteiger partial charge in [-0.25, -0.2) is 4.98 Å². The van der Waals surface area contributed by atoms with E-state index in [1.807, 2.05) is 0 Å². The van der Waals surface area contributed by atoms with E-state index in [4.69, 9.17) is 0 Å². The van der Waals surface area contributed by atoms with E-state index in [0.717, 1.165) is 0 Å². The van der Waals surface area contributed by atoms with E-state index in [0.29, 0.717) is 5.39 Å². The van der Waals surface area contributed by atoms with Crippen molar-refractivity contribution in [3.63, 3.8) is 0 Å². The SMILES string of the molecule is O=C([O-])c1ccc2cccc(O)c2n1.[Li+]. The molecule has 0 radical (unpaired) electrons. The molecule has 0 amide bonds. The van der Waals surface area contributed by atoms with Gasteiger partial charge in [0.2, 0.25) is 0 Å². The van der Waals surface area contributed by atoms with E-state index < -0.39 is 5.97 Å². The fraction of sp³-hybridized carbons (Fsp3) is 0. The molecule has 0 spiro atoms. The van der Waals surface area contributed by atoms with Crippen molar-refractivity contribution >= 4 is 16.9 Å². The van der Waals surface area contributed by atoms with Gasteiger partial charge in [0.05, 0.1) is 11.7 Å². The van der Waals surface area contributed by atoms with Crippen LogP contribution in [0.4, 0.5) is 0 Å². The van der Waals surface area contributed by atoms with E-state index in [1.54, 1.807) is 18.2 Å². The average Bonchev–Trinajstić information content (AvgIpc) is 2.18. The van der Waals surface area contributed by atoms with Crippen LogP contribution in [-0.2, 0) is 0 Å². The molecular formula is C10H6LiNO3. The molecule has 5 heteroatoms. The van der Waals surface area contributed by atoms with E-state index in [-0.39, 0.29) is 35.8 Å². The molecule has 1 aromatic heterocycles. The Bertz CT molecular complexity index is 513. The van der Waals surface area contributed by atoms with Crippen molar-refractivity contribution in [1.82, 2.24) is 4.98 Å². The van der Waals surface area contributed by atoms with Crippen LogP contribution in [0.25, 0.3) is 10.9 Å². The van der Waals surface area contributed by atoms with Crippen molar-refractivity contribution in [3.05, 3.63) is 36.0 Å². The summed E-state index contributed by atoms with van der Waals surface area (Å²) in [6, 6.07) is 7.78. The molecule has 0 aliphatic heterocycles. The van der Waals surface area contributed by atoms with Gasteiger partial charge in [0.1, 0.15) is 11.3 Å². The monoisotopic (exact) mass is 195 g/mol. The fourth-order valence-corrected chi connectivity index (χ4v) is 1.25. The summed E-state index contributed by atoms with van der Waals surface area (Å²) in [7, 11) is 0. The van der Waals surface area contributed by atoms with Crippen LogP contribution < -0.4 is 24.0 Å². The summed E-state index contributed by atoms with van der Waals surface area (Å²) in [4.78, 5) is 14.3.